The van der Waals surface area contributed by atoms with Gasteiger partial charge in [-0.1, -0.05) is 22.9 Å². The van der Waals surface area contributed by atoms with Gasteiger partial charge in [0.05, 0.1) is 10.6 Å². The minimum atomic E-state index is -4.44. The summed E-state index contributed by atoms with van der Waals surface area (Å²) in [7, 11) is 0. The van der Waals surface area contributed by atoms with Crippen molar-refractivity contribution in [2.24, 2.45) is 0 Å². The maximum absolute atomic E-state index is 12.6. The number of thiazole rings is 1. The van der Waals surface area contributed by atoms with Crippen LogP contribution in [0.15, 0.2) is 30.6 Å². The molecule has 3 heterocycles. The monoisotopic (exact) mass is 315 g/mol. The predicted molar refractivity (Wildman–Crippen MR) is 70.7 cm³/mol. The molecule has 0 N–H and O–H groups in total. The van der Waals surface area contributed by atoms with E-state index in [9.17, 15) is 13.2 Å². The molecule has 0 aromatic carbocycles. The molecule has 0 radical (unpaired) electrons. The Kier molecular flexibility index (Phi) is 3.10. The summed E-state index contributed by atoms with van der Waals surface area (Å²) in [5.74, 6) is 0. The van der Waals surface area contributed by atoms with Gasteiger partial charge in [-0.2, -0.15) is 13.2 Å². The number of hydrogen-bond donors (Lipinski definition) is 0. The first kappa shape index (κ1) is 13.3. The van der Waals surface area contributed by atoms with Crippen LogP contribution in [-0.2, 0) is 6.18 Å². The van der Waals surface area contributed by atoms with Crippen molar-refractivity contribution in [2.75, 3.05) is 0 Å². The zero-order valence-corrected chi connectivity index (χ0v) is 11.2. The predicted octanol–water partition coefficient (Wildman–Crippen LogP) is 4.43. The topological polar surface area (TPSA) is 38.7 Å². The number of pyridine rings is 2. The van der Waals surface area contributed by atoms with Crippen LogP contribution in [-0.4, -0.2) is 15.0 Å². The SMILES string of the molecule is FC(F)(F)c1cnc2sc(-c3ncccc3Cl)nc2c1. The molecule has 3 nitrogen and oxygen atoms in total. The normalized spacial score (nSPS) is 12.0. The highest BCUT2D eigenvalue weighted by Crippen LogP contribution is 2.35. The highest BCUT2D eigenvalue weighted by molar-refractivity contribution is 7.21. The van der Waals surface area contributed by atoms with E-state index < -0.39 is 11.7 Å². The van der Waals surface area contributed by atoms with E-state index in [1.54, 1.807) is 18.3 Å². The second kappa shape index (κ2) is 4.68. The van der Waals surface area contributed by atoms with Crippen molar-refractivity contribution < 1.29 is 13.2 Å². The Bertz CT molecular complexity index is 785. The molecule has 0 aliphatic rings. The number of alkyl halides is 3. The summed E-state index contributed by atoms with van der Waals surface area (Å²) in [6, 6.07) is 4.28. The average Bonchev–Trinajstić information content (AvgIpc) is 2.80. The Morgan fingerprint density at radius 2 is 2.00 bits per heavy atom. The van der Waals surface area contributed by atoms with E-state index in [0.717, 1.165) is 23.6 Å². The van der Waals surface area contributed by atoms with E-state index in [2.05, 4.69) is 15.0 Å². The molecule has 0 spiro atoms. The summed E-state index contributed by atoms with van der Waals surface area (Å²) < 4.78 is 37.8. The van der Waals surface area contributed by atoms with Gasteiger partial charge in [0.2, 0.25) is 0 Å². The molecule has 0 amide bonds. The molecular formula is C12H5ClF3N3S. The lowest BCUT2D eigenvalue weighted by Crippen LogP contribution is -2.04. The molecular weight excluding hydrogens is 311 g/mol. The lowest BCUT2D eigenvalue weighted by atomic mass is 10.3. The van der Waals surface area contributed by atoms with Crippen LogP contribution in [0.2, 0.25) is 5.02 Å². The van der Waals surface area contributed by atoms with Crippen molar-refractivity contribution in [3.05, 3.63) is 41.2 Å². The third-order valence-electron chi connectivity index (χ3n) is 2.54. The van der Waals surface area contributed by atoms with Gasteiger partial charge in [-0.05, 0) is 18.2 Å². The first-order valence-electron chi connectivity index (χ1n) is 5.40. The standard InChI is InChI=1S/C12H5ClF3N3S/c13-7-2-1-3-17-9(7)11-19-8-4-6(12(14,15)16)5-18-10(8)20-11/h1-5H. The maximum Gasteiger partial charge on any atom is 0.417 e. The van der Waals surface area contributed by atoms with Crippen LogP contribution in [0, 0.1) is 0 Å². The third kappa shape index (κ3) is 2.34. The van der Waals surface area contributed by atoms with E-state index in [4.69, 9.17) is 11.6 Å². The molecule has 3 aromatic rings. The van der Waals surface area contributed by atoms with Crippen LogP contribution in [0.1, 0.15) is 5.56 Å². The van der Waals surface area contributed by atoms with Crippen LogP contribution in [0.3, 0.4) is 0 Å². The van der Waals surface area contributed by atoms with Crippen LogP contribution in [0.4, 0.5) is 13.2 Å². The number of nitrogens with zero attached hydrogens (tertiary/aromatic N) is 3. The second-order valence-corrected chi connectivity index (χ2v) is 5.28. The first-order valence-corrected chi connectivity index (χ1v) is 6.59. The minimum absolute atomic E-state index is 0.182. The molecule has 0 fully saturated rings. The third-order valence-corrected chi connectivity index (χ3v) is 3.83. The van der Waals surface area contributed by atoms with Crippen molar-refractivity contribution in [1.29, 1.82) is 0 Å². The van der Waals surface area contributed by atoms with E-state index in [0.29, 0.717) is 20.6 Å². The fraction of sp³-hybridized carbons (Fsp3) is 0.0833. The fourth-order valence-electron chi connectivity index (χ4n) is 1.62. The van der Waals surface area contributed by atoms with E-state index in [-0.39, 0.29) is 5.52 Å². The number of rotatable bonds is 1. The average molecular weight is 316 g/mol. The maximum atomic E-state index is 12.6. The van der Waals surface area contributed by atoms with Gasteiger partial charge in [-0.25, -0.2) is 9.97 Å². The largest absolute Gasteiger partial charge is 0.417 e. The minimum Gasteiger partial charge on any atom is -0.252 e. The molecule has 0 unspecified atom stereocenters. The van der Waals surface area contributed by atoms with Crippen LogP contribution >= 0.6 is 22.9 Å². The number of aromatic nitrogens is 3. The molecule has 0 saturated carbocycles. The Labute approximate surface area is 120 Å². The number of hydrogen-bond acceptors (Lipinski definition) is 4. The van der Waals surface area contributed by atoms with Crippen LogP contribution < -0.4 is 0 Å². The molecule has 0 aliphatic carbocycles. The summed E-state index contributed by atoms with van der Waals surface area (Å²) in [4.78, 5) is 12.4. The molecule has 0 bridgehead atoms. The van der Waals surface area contributed by atoms with Gasteiger partial charge in [-0.15, -0.1) is 0 Å². The Hall–Kier alpha value is -1.73. The van der Waals surface area contributed by atoms with Gasteiger partial charge in [-0.3, -0.25) is 4.98 Å². The molecule has 0 aliphatic heterocycles. The Morgan fingerprint density at radius 3 is 2.70 bits per heavy atom. The van der Waals surface area contributed by atoms with E-state index in [1.807, 2.05) is 0 Å². The first-order chi connectivity index (χ1) is 9.45. The summed E-state index contributed by atoms with van der Waals surface area (Å²) in [6.07, 6.45) is -2.10. The second-order valence-electron chi connectivity index (χ2n) is 3.90. The smallest absolute Gasteiger partial charge is 0.252 e. The van der Waals surface area contributed by atoms with Gasteiger partial charge in [0.25, 0.3) is 0 Å². The number of halogens is 4. The van der Waals surface area contributed by atoms with Crippen LogP contribution in [0.5, 0.6) is 0 Å². The van der Waals surface area contributed by atoms with E-state index in [1.165, 1.54) is 0 Å². The quantitative estimate of drug-likeness (QED) is 0.667. The summed E-state index contributed by atoms with van der Waals surface area (Å²) >= 11 is 7.14. The highest BCUT2D eigenvalue weighted by atomic mass is 35.5. The van der Waals surface area contributed by atoms with Gasteiger partial charge in [0, 0.05) is 12.4 Å². The molecule has 3 rings (SSSR count). The molecule has 0 atom stereocenters. The van der Waals surface area contributed by atoms with Gasteiger partial charge < -0.3 is 0 Å². The van der Waals surface area contributed by atoms with E-state index >= 15 is 0 Å². The van der Waals surface area contributed by atoms with Crippen molar-refractivity contribution >= 4 is 33.3 Å². The summed E-state index contributed by atoms with van der Waals surface area (Å²) in [6.45, 7) is 0. The van der Waals surface area contributed by atoms with Crippen molar-refractivity contribution in [3.63, 3.8) is 0 Å². The van der Waals surface area contributed by atoms with Crippen LogP contribution in [0.25, 0.3) is 21.0 Å². The summed E-state index contributed by atoms with van der Waals surface area (Å²) in [5.41, 5.74) is -0.207. The highest BCUT2D eigenvalue weighted by Gasteiger charge is 2.31. The molecule has 20 heavy (non-hydrogen) atoms. The molecule has 3 aromatic heterocycles. The van der Waals surface area contributed by atoms with Gasteiger partial charge in [0.1, 0.15) is 21.0 Å². The number of fused-ring (bicyclic) bond motifs is 1. The fourth-order valence-corrected chi connectivity index (χ4v) is 2.79. The zero-order valence-electron chi connectivity index (χ0n) is 9.65. The molecule has 0 saturated heterocycles. The Morgan fingerprint density at radius 1 is 1.20 bits per heavy atom. The van der Waals surface area contributed by atoms with Crippen molar-refractivity contribution in [3.8, 4) is 10.7 Å². The van der Waals surface area contributed by atoms with Crippen molar-refractivity contribution in [2.45, 2.75) is 6.18 Å². The lowest BCUT2D eigenvalue weighted by Gasteiger charge is -2.04. The molecule has 102 valence electrons. The molecule has 8 heteroatoms. The van der Waals surface area contributed by atoms with Gasteiger partial charge >= 0.3 is 6.18 Å². The summed E-state index contributed by atoms with van der Waals surface area (Å²) in [5, 5.41) is 0.833. The lowest BCUT2D eigenvalue weighted by molar-refractivity contribution is -0.137. The van der Waals surface area contributed by atoms with Crippen molar-refractivity contribution in [1.82, 2.24) is 15.0 Å². The zero-order chi connectivity index (χ0) is 14.3. The van der Waals surface area contributed by atoms with Gasteiger partial charge in [0.15, 0.2) is 0 Å². The Balaban J connectivity index is 2.14.